The third kappa shape index (κ3) is 5.15. The molecular weight excluding hydrogens is 378 g/mol. The molecule has 0 fully saturated rings. The lowest BCUT2D eigenvalue weighted by Crippen LogP contribution is -2.25. The Morgan fingerprint density at radius 1 is 1.15 bits per heavy atom. The highest BCUT2D eigenvalue weighted by atomic mass is 35.5. The molecule has 3 rings (SSSR count). The number of thioether (sulfide) groups is 1. The van der Waals surface area contributed by atoms with Crippen LogP contribution < -0.4 is 5.32 Å². The molecule has 1 amide bonds. The van der Waals surface area contributed by atoms with Gasteiger partial charge in [-0.3, -0.25) is 4.79 Å². The summed E-state index contributed by atoms with van der Waals surface area (Å²) in [6.07, 6.45) is 0. The van der Waals surface area contributed by atoms with Gasteiger partial charge in [-0.25, -0.2) is 4.68 Å². The Morgan fingerprint density at radius 3 is 2.67 bits per heavy atom. The van der Waals surface area contributed by atoms with E-state index >= 15 is 0 Å². The molecule has 0 aliphatic carbocycles. The molecule has 0 aliphatic rings. The minimum Gasteiger partial charge on any atom is -0.351 e. The molecule has 0 unspecified atom stereocenters. The summed E-state index contributed by atoms with van der Waals surface area (Å²) in [5, 5.41) is 8.34. The molecule has 0 atom stereocenters. The first-order valence-electron chi connectivity index (χ1n) is 8.74. The molecule has 0 bridgehead atoms. The Kier molecular flexibility index (Phi) is 6.58. The summed E-state index contributed by atoms with van der Waals surface area (Å²) in [6.45, 7) is 4.49. The predicted octanol–water partition coefficient (Wildman–Crippen LogP) is 4.69. The average molecular weight is 400 g/mol. The van der Waals surface area contributed by atoms with Gasteiger partial charge in [-0.05, 0) is 43.7 Å². The summed E-state index contributed by atoms with van der Waals surface area (Å²) in [4.78, 5) is 12.2. The van der Waals surface area contributed by atoms with E-state index in [0.29, 0.717) is 12.3 Å². The largest absolute Gasteiger partial charge is 0.351 e. The fraction of sp³-hybridized carbons (Fsp3) is 0.238. The predicted molar refractivity (Wildman–Crippen MR) is 112 cm³/mol. The van der Waals surface area contributed by atoms with E-state index in [4.69, 9.17) is 11.6 Å². The van der Waals surface area contributed by atoms with Crippen LogP contribution in [0.1, 0.15) is 22.5 Å². The molecule has 0 radical (unpaired) electrons. The third-order valence-corrected chi connectivity index (χ3v) is 5.53. The Balaban J connectivity index is 1.54. The number of carbonyl (C=O) groups excluding carboxylic acids is 1. The van der Waals surface area contributed by atoms with Crippen LogP contribution in [0.15, 0.2) is 54.6 Å². The Morgan fingerprint density at radius 2 is 1.93 bits per heavy atom. The van der Waals surface area contributed by atoms with Gasteiger partial charge in [-0.1, -0.05) is 41.9 Å². The molecule has 140 valence electrons. The summed E-state index contributed by atoms with van der Waals surface area (Å²) in [5.74, 6) is 1.20. The van der Waals surface area contributed by atoms with Crippen molar-refractivity contribution in [2.75, 3.05) is 5.75 Å². The van der Waals surface area contributed by atoms with Gasteiger partial charge in [0.2, 0.25) is 5.91 Å². The lowest BCUT2D eigenvalue weighted by atomic mass is 10.2. The number of hydrogen-bond donors (Lipinski definition) is 1. The van der Waals surface area contributed by atoms with Crippen LogP contribution in [0.4, 0.5) is 0 Å². The average Bonchev–Trinajstić information content (AvgIpc) is 2.95. The lowest BCUT2D eigenvalue weighted by Gasteiger charge is -2.07. The first-order valence-corrected chi connectivity index (χ1v) is 10.3. The SMILES string of the molecule is Cc1nn(-c2ccccc2)c(C)c1CNC(=O)CSCc1cccc(Cl)c1. The first kappa shape index (κ1) is 19.5. The molecule has 0 saturated heterocycles. The summed E-state index contributed by atoms with van der Waals surface area (Å²) >= 11 is 7.56. The maximum Gasteiger partial charge on any atom is 0.230 e. The maximum absolute atomic E-state index is 12.2. The van der Waals surface area contributed by atoms with Gasteiger partial charge in [-0.15, -0.1) is 11.8 Å². The summed E-state index contributed by atoms with van der Waals surface area (Å²) in [5.41, 5.74) is 5.18. The van der Waals surface area contributed by atoms with Crippen molar-refractivity contribution in [3.05, 3.63) is 82.1 Å². The zero-order valence-corrected chi connectivity index (χ0v) is 17.0. The summed E-state index contributed by atoms with van der Waals surface area (Å²) in [6, 6.07) is 17.7. The fourth-order valence-corrected chi connectivity index (χ4v) is 3.90. The van der Waals surface area contributed by atoms with E-state index in [1.54, 1.807) is 11.8 Å². The van der Waals surface area contributed by atoms with Gasteiger partial charge in [0.25, 0.3) is 0 Å². The van der Waals surface area contributed by atoms with E-state index in [-0.39, 0.29) is 5.91 Å². The number of hydrogen-bond acceptors (Lipinski definition) is 3. The number of nitrogens with one attached hydrogen (secondary N) is 1. The van der Waals surface area contributed by atoms with Crippen LogP contribution in [0.25, 0.3) is 5.69 Å². The molecule has 4 nitrogen and oxygen atoms in total. The van der Waals surface area contributed by atoms with Gasteiger partial charge in [0.15, 0.2) is 0 Å². The van der Waals surface area contributed by atoms with E-state index in [2.05, 4.69) is 10.4 Å². The van der Waals surface area contributed by atoms with Crippen molar-refractivity contribution >= 4 is 29.3 Å². The molecule has 1 N–H and O–H groups in total. The number of nitrogens with zero attached hydrogens (tertiary/aromatic N) is 2. The van der Waals surface area contributed by atoms with Gasteiger partial charge < -0.3 is 5.32 Å². The number of halogens is 1. The van der Waals surface area contributed by atoms with Gasteiger partial charge in [0, 0.05) is 28.6 Å². The first-order chi connectivity index (χ1) is 13.0. The number of aryl methyl sites for hydroxylation is 1. The van der Waals surface area contributed by atoms with Crippen LogP contribution in [0, 0.1) is 13.8 Å². The second kappa shape index (κ2) is 9.11. The minimum atomic E-state index is 0.0216. The molecule has 1 aromatic heterocycles. The van der Waals surface area contributed by atoms with E-state index < -0.39 is 0 Å². The zero-order chi connectivity index (χ0) is 19.2. The standard InChI is InChI=1S/C21H22ClN3OS/c1-15-20(16(2)25(24-15)19-9-4-3-5-10-19)12-23-21(26)14-27-13-17-7-6-8-18(22)11-17/h3-11H,12-14H2,1-2H3,(H,23,26). The number of carbonyl (C=O) groups is 1. The molecule has 3 aromatic rings. The molecular formula is C21H22ClN3OS. The van der Waals surface area contributed by atoms with E-state index in [1.807, 2.05) is 73.1 Å². The van der Waals surface area contributed by atoms with E-state index in [9.17, 15) is 4.79 Å². The number of rotatable bonds is 7. The Hall–Kier alpha value is -2.24. The van der Waals surface area contributed by atoms with Crippen LogP contribution in [0.3, 0.4) is 0 Å². The van der Waals surface area contributed by atoms with Crippen molar-refractivity contribution in [2.24, 2.45) is 0 Å². The van der Waals surface area contributed by atoms with Gasteiger partial charge in [-0.2, -0.15) is 5.10 Å². The normalized spacial score (nSPS) is 10.8. The molecule has 0 aliphatic heterocycles. The van der Waals surface area contributed by atoms with Crippen LogP contribution in [-0.2, 0) is 17.1 Å². The monoisotopic (exact) mass is 399 g/mol. The van der Waals surface area contributed by atoms with Crippen molar-refractivity contribution in [3.63, 3.8) is 0 Å². The topological polar surface area (TPSA) is 46.9 Å². The fourth-order valence-electron chi connectivity index (χ4n) is 2.88. The smallest absolute Gasteiger partial charge is 0.230 e. The Bertz CT molecular complexity index is 924. The number of amides is 1. The highest BCUT2D eigenvalue weighted by Gasteiger charge is 2.13. The molecule has 0 spiro atoms. The summed E-state index contributed by atoms with van der Waals surface area (Å²) < 4.78 is 1.92. The number of benzene rings is 2. The second-order valence-corrected chi connectivity index (χ2v) is 7.72. The number of aromatic nitrogens is 2. The highest BCUT2D eigenvalue weighted by molar-refractivity contribution is 7.99. The third-order valence-electron chi connectivity index (χ3n) is 4.30. The highest BCUT2D eigenvalue weighted by Crippen LogP contribution is 2.18. The van der Waals surface area contributed by atoms with E-state index in [1.165, 1.54) is 0 Å². The number of para-hydroxylation sites is 1. The molecule has 6 heteroatoms. The van der Waals surface area contributed by atoms with Crippen LogP contribution >= 0.6 is 23.4 Å². The van der Waals surface area contributed by atoms with Crippen LogP contribution in [0.2, 0.25) is 5.02 Å². The van der Waals surface area contributed by atoms with Crippen molar-refractivity contribution in [2.45, 2.75) is 26.1 Å². The van der Waals surface area contributed by atoms with Gasteiger partial charge >= 0.3 is 0 Å². The summed E-state index contributed by atoms with van der Waals surface area (Å²) in [7, 11) is 0. The quantitative estimate of drug-likeness (QED) is 0.626. The minimum absolute atomic E-state index is 0.0216. The zero-order valence-electron chi connectivity index (χ0n) is 15.4. The maximum atomic E-state index is 12.2. The molecule has 2 aromatic carbocycles. The van der Waals surface area contributed by atoms with Crippen molar-refractivity contribution in [1.82, 2.24) is 15.1 Å². The van der Waals surface area contributed by atoms with Crippen molar-refractivity contribution in [1.29, 1.82) is 0 Å². The van der Waals surface area contributed by atoms with Crippen molar-refractivity contribution < 1.29 is 4.79 Å². The van der Waals surface area contributed by atoms with Crippen LogP contribution in [0.5, 0.6) is 0 Å². The second-order valence-electron chi connectivity index (χ2n) is 6.30. The molecule has 0 saturated carbocycles. The molecule has 27 heavy (non-hydrogen) atoms. The van der Waals surface area contributed by atoms with E-state index in [0.717, 1.165) is 39.0 Å². The lowest BCUT2D eigenvalue weighted by molar-refractivity contribution is -0.118. The van der Waals surface area contributed by atoms with Gasteiger partial charge in [0.1, 0.15) is 0 Å². The van der Waals surface area contributed by atoms with Gasteiger partial charge in [0.05, 0.1) is 17.1 Å². The Labute approximate surface area is 168 Å². The molecule has 1 heterocycles. The van der Waals surface area contributed by atoms with Crippen LogP contribution in [-0.4, -0.2) is 21.4 Å². The van der Waals surface area contributed by atoms with Crippen molar-refractivity contribution in [3.8, 4) is 5.69 Å².